The van der Waals surface area contributed by atoms with E-state index in [-0.39, 0.29) is 0 Å². The van der Waals surface area contributed by atoms with Gasteiger partial charge in [0.05, 0.1) is 22.1 Å². The van der Waals surface area contributed by atoms with Crippen molar-refractivity contribution < 1.29 is 0 Å². The van der Waals surface area contributed by atoms with Crippen LogP contribution in [0.2, 0.25) is 0 Å². The predicted octanol–water partition coefficient (Wildman–Crippen LogP) is 13.0. The first kappa shape index (κ1) is 27.3. The van der Waals surface area contributed by atoms with Crippen LogP contribution in [-0.4, -0.2) is 9.13 Å². The van der Waals surface area contributed by atoms with Crippen LogP contribution in [0.5, 0.6) is 0 Å². The van der Waals surface area contributed by atoms with Crippen molar-refractivity contribution in [1.29, 1.82) is 0 Å². The van der Waals surface area contributed by atoms with Crippen LogP contribution in [0.1, 0.15) is 0 Å². The fourth-order valence-electron chi connectivity index (χ4n) is 8.50. The predicted molar refractivity (Wildman–Crippen MR) is 213 cm³/mol. The Morgan fingerprint density at radius 1 is 0.280 bits per heavy atom. The van der Waals surface area contributed by atoms with Gasteiger partial charge in [0.2, 0.25) is 0 Å². The number of fused-ring (bicyclic) bond motifs is 13. The molecule has 232 valence electrons. The van der Waals surface area contributed by atoms with Gasteiger partial charge in [0, 0.05) is 38.3 Å². The van der Waals surface area contributed by atoms with E-state index in [1.165, 1.54) is 87.1 Å². The molecule has 0 saturated carbocycles. The van der Waals surface area contributed by atoms with Crippen molar-refractivity contribution in [2.75, 3.05) is 0 Å². The molecule has 50 heavy (non-hydrogen) atoms. The highest BCUT2D eigenvalue weighted by Gasteiger charge is 2.25. The first-order valence-corrected chi connectivity index (χ1v) is 17.3. The third-order valence-corrected chi connectivity index (χ3v) is 10.6. The normalized spacial score (nSPS) is 12.0. The van der Waals surface area contributed by atoms with E-state index in [1.807, 2.05) is 0 Å². The van der Waals surface area contributed by atoms with Crippen LogP contribution in [0.25, 0.3) is 98.4 Å². The lowest BCUT2D eigenvalue weighted by molar-refractivity contribution is 1.18. The number of aromatic nitrogens is 2. The van der Waals surface area contributed by atoms with Crippen molar-refractivity contribution in [1.82, 2.24) is 9.13 Å². The Labute approximate surface area is 288 Å². The molecule has 0 atom stereocenters. The molecule has 0 radical (unpaired) electrons. The maximum Gasteiger partial charge on any atom is 0.0648 e. The molecular weight excluding hydrogens is 605 g/mol. The van der Waals surface area contributed by atoms with Gasteiger partial charge >= 0.3 is 0 Å². The van der Waals surface area contributed by atoms with Gasteiger partial charge in [-0.3, -0.25) is 0 Å². The van der Waals surface area contributed by atoms with Crippen molar-refractivity contribution in [3.63, 3.8) is 0 Å². The summed E-state index contributed by atoms with van der Waals surface area (Å²) in [5.74, 6) is 0. The van der Waals surface area contributed by atoms with E-state index >= 15 is 0 Å². The van der Waals surface area contributed by atoms with Crippen LogP contribution < -0.4 is 0 Å². The highest BCUT2D eigenvalue weighted by molar-refractivity contribution is 6.39. The molecule has 0 fully saturated rings. The maximum atomic E-state index is 2.51. The minimum absolute atomic E-state index is 1.16. The molecule has 2 heteroatoms. The number of nitrogens with zero attached hydrogens (tertiary/aromatic N) is 2. The van der Waals surface area contributed by atoms with Gasteiger partial charge in [-0.1, -0.05) is 140 Å². The summed E-state index contributed by atoms with van der Waals surface area (Å²) in [5, 5.41) is 12.6. The van der Waals surface area contributed by atoms with Crippen molar-refractivity contribution in [3.8, 4) is 22.5 Å². The second-order valence-corrected chi connectivity index (χ2v) is 13.3. The summed E-state index contributed by atoms with van der Waals surface area (Å²) in [6, 6.07) is 66.7. The van der Waals surface area contributed by atoms with Crippen molar-refractivity contribution in [2.45, 2.75) is 0 Å². The fourth-order valence-corrected chi connectivity index (χ4v) is 8.50. The molecule has 0 spiro atoms. The molecule has 0 amide bonds. The summed E-state index contributed by atoms with van der Waals surface area (Å²) in [6.45, 7) is 0. The van der Waals surface area contributed by atoms with Gasteiger partial charge in [-0.25, -0.2) is 0 Å². The number of para-hydroxylation sites is 2. The van der Waals surface area contributed by atoms with Crippen molar-refractivity contribution in [2.24, 2.45) is 0 Å². The molecule has 0 aliphatic heterocycles. The van der Waals surface area contributed by atoms with E-state index in [9.17, 15) is 0 Å². The van der Waals surface area contributed by atoms with Gasteiger partial charge in [0.15, 0.2) is 0 Å². The van der Waals surface area contributed by atoms with Gasteiger partial charge in [-0.15, -0.1) is 0 Å². The molecule has 9 aromatic carbocycles. The van der Waals surface area contributed by atoms with Crippen LogP contribution in [0.3, 0.4) is 0 Å². The first-order chi connectivity index (χ1) is 24.8. The highest BCUT2D eigenvalue weighted by atomic mass is 15.0. The fraction of sp³-hybridized carbons (Fsp3) is 0. The van der Waals surface area contributed by atoms with E-state index in [0.29, 0.717) is 0 Å². The molecule has 0 saturated heterocycles. The highest BCUT2D eigenvalue weighted by Crippen LogP contribution is 2.48. The standard InChI is InChI=1S/C48H30N2/c1-3-13-31(14-4-1)34-24-23-32-25-27-37(30-35(32)29-34)50-42-22-12-11-21-41(42)46-47(50)40-20-10-9-19-39(40)45-44-38-18-8-7-15-33(38)26-28-43(44)49(48(45)46)36-16-5-2-6-17-36/h1-30H. The average Bonchev–Trinajstić information content (AvgIpc) is 3.72. The molecule has 0 N–H and O–H groups in total. The van der Waals surface area contributed by atoms with Crippen LogP contribution in [0.15, 0.2) is 182 Å². The van der Waals surface area contributed by atoms with Gasteiger partial charge < -0.3 is 9.13 Å². The maximum absolute atomic E-state index is 2.51. The molecule has 0 aliphatic rings. The van der Waals surface area contributed by atoms with Gasteiger partial charge in [-0.05, 0) is 80.5 Å². The zero-order chi connectivity index (χ0) is 32.8. The molecule has 2 heterocycles. The van der Waals surface area contributed by atoms with Crippen LogP contribution in [-0.2, 0) is 0 Å². The topological polar surface area (TPSA) is 9.86 Å². The quantitative estimate of drug-likeness (QED) is 0.183. The summed E-state index contributed by atoms with van der Waals surface area (Å²) in [4.78, 5) is 0. The van der Waals surface area contributed by atoms with Crippen LogP contribution in [0, 0.1) is 0 Å². The largest absolute Gasteiger partial charge is 0.309 e. The SMILES string of the molecule is c1ccc(-c2ccc3ccc(-n4c5ccccc5c5c4c4ccccc4c4c6c7ccccc7ccc6n(-c6ccccc6)c45)cc3c2)cc1. The van der Waals surface area contributed by atoms with Crippen molar-refractivity contribution in [3.05, 3.63) is 182 Å². The Bertz CT molecular complexity index is 3130. The average molecular weight is 635 g/mol. The van der Waals surface area contributed by atoms with Crippen molar-refractivity contribution >= 4 is 75.9 Å². The second-order valence-electron chi connectivity index (χ2n) is 13.3. The van der Waals surface area contributed by atoms with E-state index in [1.54, 1.807) is 0 Å². The summed E-state index contributed by atoms with van der Waals surface area (Å²) in [7, 11) is 0. The first-order valence-electron chi connectivity index (χ1n) is 17.3. The number of rotatable bonds is 3. The Balaban J connectivity index is 1.35. The Hall–Kier alpha value is -6.64. The van der Waals surface area contributed by atoms with E-state index in [2.05, 4.69) is 191 Å². The smallest absolute Gasteiger partial charge is 0.0648 e. The zero-order valence-corrected chi connectivity index (χ0v) is 27.2. The minimum Gasteiger partial charge on any atom is -0.309 e. The van der Waals surface area contributed by atoms with Crippen LogP contribution >= 0.6 is 0 Å². The molecule has 11 aromatic rings. The van der Waals surface area contributed by atoms with E-state index < -0.39 is 0 Å². The molecule has 11 rings (SSSR count). The summed E-state index contributed by atoms with van der Waals surface area (Å²) < 4.78 is 5.02. The minimum atomic E-state index is 1.16. The summed E-state index contributed by atoms with van der Waals surface area (Å²) in [6.07, 6.45) is 0. The number of benzene rings is 9. The molecule has 2 nitrogen and oxygen atoms in total. The lowest BCUT2D eigenvalue weighted by Gasteiger charge is -2.14. The molecule has 2 aromatic heterocycles. The Morgan fingerprint density at radius 2 is 0.920 bits per heavy atom. The Morgan fingerprint density at radius 3 is 1.76 bits per heavy atom. The summed E-state index contributed by atoms with van der Waals surface area (Å²) in [5.41, 5.74) is 9.68. The third-order valence-electron chi connectivity index (χ3n) is 10.6. The summed E-state index contributed by atoms with van der Waals surface area (Å²) >= 11 is 0. The lowest BCUT2D eigenvalue weighted by atomic mass is 9.97. The second kappa shape index (κ2) is 10.4. The molecule has 0 unspecified atom stereocenters. The molecule has 0 bridgehead atoms. The monoisotopic (exact) mass is 634 g/mol. The number of hydrogen-bond acceptors (Lipinski definition) is 0. The molecule has 0 aliphatic carbocycles. The molecular formula is C48H30N2. The van der Waals surface area contributed by atoms with E-state index in [0.717, 1.165) is 11.4 Å². The van der Waals surface area contributed by atoms with E-state index in [4.69, 9.17) is 0 Å². The zero-order valence-electron chi connectivity index (χ0n) is 27.2. The van der Waals surface area contributed by atoms with Crippen LogP contribution in [0.4, 0.5) is 0 Å². The van der Waals surface area contributed by atoms with Gasteiger partial charge in [-0.2, -0.15) is 0 Å². The number of hydrogen-bond donors (Lipinski definition) is 0. The lowest BCUT2D eigenvalue weighted by Crippen LogP contribution is -1.96. The Kier molecular flexibility index (Phi) is 5.70. The third kappa shape index (κ3) is 3.79. The van der Waals surface area contributed by atoms with Gasteiger partial charge in [0.25, 0.3) is 0 Å². The van der Waals surface area contributed by atoms with Gasteiger partial charge in [0.1, 0.15) is 0 Å².